The van der Waals surface area contributed by atoms with Crippen LogP contribution in [0.2, 0.25) is 0 Å². The van der Waals surface area contributed by atoms with Crippen molar-refractivity contribution in [3.63, 3.8) is 0 Å². The van der Waals surface area contributed by atoms with Crippen LogP contribution in [0.15, 0.2) is 53.5 Å². The zero-order chi connectivity index (χ0) is 18.2. The summed E-state index contributed by atoms with van der Waals surface area (Å²) in [7, 11) is 0. The van der Waals surface area contributed by atoms with Crippen LogP contribution in [-0.4, -0.2) is 17.0 Å². The maximum atomic E-state index is 13.1. The van der Waals surface area contributed by atoms with E-state index in [9.17, 15) is 23.3 Å². The predicted molar refractivity (Wildman–Crippen MR) is 84.8 cm³/mol. The van der Waals surface area contributed by atoms with Crippen LogP contribution >= 0.6 is 0 Å². The van der Waals surface area contributed by atoms with Gasteiger partial charge in [-0.25, -0.2) is 4.99 Å². The maximum absolute atomic E-state index is 13.1. The number of ether oxygens (including phenoxy) is 1. The number of aliphatic imine (C=N–C) groups is 1. The highest BCUT2D eigenvalue weighted by molar-refractivity contribution is 5.97. The second-order valence-electron chi connectivity index (χ2n) is 5.86. The van der Waals surface area contributed by atoms with Crippen LogP contribution in [0.5, 0.6) is 0 Å². The zero-order valence-corrected chi connectivity index (χ0v) is 13.1. The molecule has 0 radical (unpaired) electrons. The van der Waals surface area contributed by atoms with Gasteiger partial charge in [0.25, 0.3) is 5.69 Å². The fourth-order valence-electron chi connectivity index (χ4n) is 2.78. The van der Waals surface area contributed by atoms with Crippen molar-refractivity contribution in [3.05, 3.63) is 69.8 Å². The number of rotatable bonds is 3. The van der Waals surface area contributed by atoms with Crippen LogP contribution in [0.4, 0.5) is 24.5 Å². The molecule has 0 saturated heterocycles. The molecule has 0 spiro atoms. The first kappa shape index (κ1) is 16.9. The molecular formula is C17H13F3N2O3. The molecule has 3 rings (SSSR count). The molecule has 1 aliphatic rings. The molecule has 1 aliphatic heterocycles. The molecular weight excluding hydrogens is 337 g/mol. The van der Waals surface area contributed by atoms with Gasteiger partial charge in [-0.2, -0.15) is 13.2 Å². The van der Waals surface area contributed by atoms with Crippen molar-refractivity contribution < 1.29 is 22.8 Å². The number of non-ortho nitro benzene ring substituents is 1. The molecule has 0 saturated carbocycles. The van der Waals surface area contributed by atoms with Gasteiger partial charge in [0.15, 0.2) is 0 Å². The Morgan fingerprint density at radius 1 is 1.16 bits per heavy atom. The van der Waals surface area contributed by atoms with Gasteiger partial charge in [0.05, 0.1) is 17.0 Å². The van der Waals surface area contributed by atoms with Crippen LogP contribution in [0.25, 0.3) is 0 Å². The van der Waals surface area contributed by atoms with Crippen molar-refractivity contribution in [2.45, 2.75) is 25.1 Å². The molecule has 2 aromatic rings. The van der Waals surface area contributed by atoms with Gasteiger partial charge in [-0.05, 0) is 25.1 Å². The van der Waals surface area contributed by atoms with E-state index in [1.54, 1.807) is 24.3 Å². The quantitative estimate of drug-likeness (QED) is 0.586. The number of benzene rings is 2. The van der Waals surface area contributed by atoms with Crippen LogP contribution in [-0.2, 0) is 10.3 Å². The van der Waals surface area contributed by atoms with E-state index in [0.29, 0.717) is 16.8 Å². The van der Waals surface area contributed by atoms with Crippen LogP contribution in [0.3, 0.4) is 0 Å². The van der Waals surface area contributed by atoms with Gasteiger partial charge >= 0.3 is 6.18 Å². The fraction of sp³-hybridized carbons (Fsp3) is 0.235. The minimum Gasteiger partial charge on any atom is -0.466 e. The van der Waals surface area contributed by atoms with E-state index in [1.807, 2.05) is 0 Å². The third kappa shape index (κ3) is 3.47. The van der Waals surface area contributed by atoms with Crippen LogP contribution in [0, 0.1) is 10.1 Å². The normalized spacial score (nSPS) is 19.6. The number of para-hydroxylation sites is 1. The smallest absolute Gasteiger partial charge is 0.393 e. The molecule has 1 unspecified atom stereocenters. The third-order valence-corrected chi connectivity index (χ3v) is 3.88. The summed E-state index contributed by atoms with van der Waals surface area (Å²) in [5.41, 5.74) is -0.660. The first-order valence-electron chi connectivity index (χ1n) is 7.37. The van der Waals surface area contributed by atoms with E-state index in [4.69, 9.17) is 4.74 Å². The van der Waals surface area contributed by atoms with Crippen LogP contribution < -0.4 is 0 Å². The second-order valence-corrected chi connectivity index (χ2v) is 5.86. The number of nitro groups is 1. The molecule has 0 amide bonds. The Morgan fingerprint density at radius 2 is 1.80 bits per heavy atom. The minimum absolute atomic E-state index is 0.000322. The summed E-state index contributed by atoms with van der Waals surface area (Å²) >= 11 is 0. The van der Waals surface area contributed by atoms with Crippen molar-refractivity contribution in [2.75, 3.05) is 0 Å². The first-order valence-corrected chi connectivity index (χ1v) is 7.37. The van der Waals surface area contributed by atoms with E-state index < -0.39 is 23.1 Å². The largest absolute Gasteiger partial charge is 0.466 e. The Kier molecular flexibility index (Phi) is 3.98. The highest BCUT2D eigenvalue weighted by atomic mass is 19.4. The summed E-state index contributed by atoms with van der Waals surface area (Å²) in [6.07, 6.45) is -5.61. The first-order chi connectivity index (χ1) is 11.7. The van der Waals surface area contributed by atoms with Gasteiger partial charge in [0, 0.05) is 23.3 Å². The van der Waals surface area contributed by atoms with Crippen molar-refractivity contribution >= 4 is 17.3 Å². The number of hydrogen-bond donors (Lipinski definition) is 0. The topological polar surface area (TPSA) is 64.7 Å². The van der Waals surface area contributed by atoms with Gasteiger partial charge in [-0.3, -0.25) is 10.1 Å². The van der Waals surface area contributed by atoms with E-state index in [-0.39, 0.29) is 11.6 Å². The van der Waals surface area contributed by atoms with Crippen molar-refractivity contribution in [2.24, 2.45) is 4.99 Å². The van der Waals surface area contributed by atoms with Crippen molar-refractivity contribution in [1.29, 1.82) is 0 Å². The Bertz CT molecular complexity index is 847. The zero-order valence-electron chi connectivity index (χ0n) is 13.1. The molecule has 0 N–H and O–H groups in total. The van der Waals surface area contributed by atoms with E-state index in [1.165, 1.54) is 31.2 Å². The predicted octanol–water partition coefficient (Wildman–Crippen LogP) is 4.87. The Morgan fingerprint density at radius 3 is 2.40 bits per heavy atom. The minimum atomic E-state index is -4.43. The van der Waals surface area contributed by atoms with Crippen molar-refractivity contribution in [1.82, 2.24) is 0 Å². The molecule has 1 atom stereocenters. The highest BCUT2D eigenvalue weighted by Gasteiger charge is 2.45. The Labute approximate surface area is 140 Å². The van der Waals surface area contributed by atoms with Gasteiger partial charge in [0.1, 0.15) is 5.60 Å². The number of fused-ring (bicyclic) bond motifs is 1. The van der Waals surface area contributed by atoms with Crippen molar-refractivity contribution in [3.8, 4) is 0 Å². The summed E-state index contributed by atoms with van der Waals surface area (Å²) < 4.78 is 44.8. The Hall–Kier alpha value is -2.90. The lowest BCUT2D eigenvalue weighted by atomic mass is 9.89. The van der Waals surface area contributed by atoms with Gasteiger partial charge < -0.3 is 4.74 Å². The molecule has 2 aromatic carbocycles. The standard InChI is InChI=1S/C17H13F3N2O3/c1-16(10-17(18,19)20)13-4-2-3-5-14(13)21-15(25-16)11-6-8-12(9-7-11)22(23)24/h2-9H,10H2,1H3. The number of nitro benzene ring substituents is 1. The van der Waals surface area contributed by atoms with E-state index >= 15 is 0 Å². The molecule has 0 aromatic heterocycles. The molecule has 5 nitrogen and oxygen atoms in total. The van der Waals surface area contributed by atoms with E-state index in [2.05, 4.69) is 4.99 Å². The summed E-state index contributed by atoms with van der Waals surface area (Å²) in [4.78, 5) is 14.4. The van der Waals surface area contributed by atoms with E-state index in [0.717, 1.165) is 0 Å². The fourth-order valence-corrected chi connectivity index (χ4v) is 2.78. The van der Waals surface area contributed by atoms with Gasteiger partial charge in [0.2, 0.25) is 5.90 Å². The summed E-state index contributed by atoms with van der Waals surface area (Å²) in [6, 6.07) is 11.8. The monoisotopic (exact) mass is 350 g/mol. The third-order valence-electron chi connectivity index (χ3n) is 3.88. The molecule has 25 heavy (non-hydrogen) atoms. The van der Waals surface area contributed by atoms with Crippen LogP contribution in [0.1, 0.15) is 24.5 Å². The molecule has 130 valence electrons. The summed E-state index contributed by atoms with van der Waals surface area (Å²) in [5.74, 6) is 0.000322. The molecule has 8 heteroatoms. The number of alkyl halides is 3. The molecule has 1 heterocycles. The second kappa shape index (κ2) is 5.87. The van der Waals surface area contributed by atoms with Gasteiger partial charge in [-0.15, -0.1) is 0 Å². The lowest BCUT2D eigenvalue weighted by Gasteiger charge is -2.36. The highest BCUT2D eigenvalue weighted by Crippen LogP contribution is 2.44. The molecule has 0 fully saturated rings. The molecule has 0 aliphatic carbocycles. The lowest BCUT2D eigenvalue weighted by Crippen LogP contribution is -2.36. The summed E-state index contributed by atoms with van der Waals surface area (Å²) in [5, 5.41) is 10.7. The Balaban J connectivity index is 2.05. The lowest BCUT2D eigenvalue weighted by molar-refractivity contribution is -0.384. The maximum Gasteiger partial charge on any atom is 0.393 e. The average Bonchev–Trinajstić information content (AvgIpc) is 2.53. The number of nitrogens with zero attached hydrogens (tertiary/aromatic N) is 2. The average molecular weight is 350 g/mol. The SMILES string of the molecule is CC1(CC(F)(F)F)OC(c2ccc([N+](=O)[O-])cc2)=Nc2ccccc21. The van der Waals surface area contributed by atoms with Gasteiger partial charge in [-0.1, -0.05) is 18.2 Å². The number of hydrogen-bond acceptors (Lipinski definition) is 4. The molecule has 0 bridgehead atoms. The number of halogens is 3. The summed E-state index contributed by atoms with van der Waals surface area (Å²) in [6.45, 7) is 1.36.